The summed E-state index contributed by atoms with van der Waals surface area (Å²) in [6, 6.07) is 3.82. The van der Waals surface area contributed by atoms with Gasteiger partial charge < -0.3 is 19.9 Å². The molecule has 0 radical (unpaired) electrons. The summed E-state index contributed by atoms with van der Waals surface area (Å²) in [4.78, 5) is 0. The second-order valence-electron chi connectivity index (χ2n) is 5.14. The average Bonchev–Trinajstić information content (AvgIpc) is 3.23. The molecular formula is C14H18ClNO3. The van der Waals surface area contributed by atoms with Crippen LogP contribution in [0.2, 0.25) is 5.02 Å². The summed E-state index contributed by atoms with van der Waals surface area (Å²) in [7, 11) is 0. The van der Waals surface area contributed by atoms with E-state index in [4.69, 9.17) is 21.1 Å². The molecule has 1 aliphatic carbocycles. The van der Waals surface area contributed by atoms with E-state index >= 15 is 0 Å². The highest BCUT2D eigenvalue weighted by Crippen LogP contribution is 2.38. The summed E-state index contributed by atoms with van der Waals surface area (Å²) in [5, 5.41) is 13.6. The molecule has 1 aliphatic heterocycles. The van der Waals surface area contributed by atoms with Gasteiger partial charge in [-0.1, -0.05) is 11.6 Å². The van der Waals surface area contributed by atoms with E-state index in [1.807, 2.05) is 12.1 Å². The molecule has 1 aromatic carbocycles. The summed E-state index contributed by atoms with van der Waals surface area (Å²) in [6.45, 7) is 2.38. The molecule has 0 spiro atoms. The molecule has 19 heavy (non-hydrogen) atoms. The Balaban J connectivity index is 1.59. The Morgan fingerprint density at radius 3 is 2.89 bits per heavy atom. The minimum Gasteiger partial charge on any atom is -0.486 e. The number of fused-ring (bicyclic) bond motifs is 1. The van der Waals surface area contributed by atoms with Gasteiger partial charge in [0.2, 0.25) is 0 Å². The zero-order chi connectivity index (χ0) is 13.2. The Hall–Kier alpha value is -0.970. The van der Waals surface area contributed by atoms with Gasteiger partial charge in [-0.15, -0.1) is 0 Å². The lowest BCUT2D eigenvalue weighted by atomic mass is 10.1. The number of rotatable bonds is 5. The Morgan fingerprint density at radius 2 is 2.11 bits per heavy atom. The maximum Gasteiger partial charge on any atom is 0.179 e. The normalized spacial score (nSPS) is 19.3. The van der Waals surface area contributed by atoms with E-state index < -0.39 is 0 Å². The van der Waals surface area contributed by atoms with Crippen LogP contribution in [0.5, 0.6) is 11.5 Å². The van der Waals surface area contributed by atoms with Crippen LogP contribution in [0.4, 0.5) is 0 Å². The first-order valence-corrected chi connectivity index (χ1v) is 7.08. The van der Waals surface area contributed by atoms with E-state index in [0.717, 1.165) is 18.4 Å². The number of nitrogens with one attached hydrogen (secondary N) is 1. The smallest absolute Gasteiger partial charge is 0.179 e. The second kappa shape index (κ2) is 5.57. The molecule has 1 atom stereocenters. The molecule has 0 aromatic heterocycles. The summed E-state index contributed by atoms with van der Waals surface area (Å²) >= 11 is 6.17. The molecule has 0 bridgehead atoms. The van der Waals surface area contributed by atoms with Crippen LogP contribution in [0.15, 0.2) is 12.1 Å². The van der Waals surface area contributed by atoms with Crippen LogP contribution >= 0.6 is 11.6 Å². The number of aliphatic hydroxyl groups is 1. The molecule has 3 rings (SSSR count). The van der Waals surface area contributed by atoms with Gasteiger partial charge in [-0.05, 0) is 36.5 Å². The van der Waals surface area contributed by atoms with Gasteiger partial charge in [0.1, 0.15) is 13.2 Å². The Labute approximate surface area is 117 Å². The van der Waals surface area contributed by atoms with Gasteiger partial charge in [-0.3, -0.25) is 0 Å². The van der Waals surface area contributed by atoms with E-state index in [1.54, 1.807) is 0 Å². The maximum atomic E-state index is 9.78. The van der Waals surface area contributed by atoms with Crippen LogP contribution in [-0.4, -0.2) is 31.0 Å². The fraction of sp³-hybridized carbons (Fsp3) is 0.571. The minimum absolute atomic E-state index is 0.229. The molecule has 0 amide bonds. The largest absolute Gasteiger partial charge is 0.486 e. The monoisotopic (exact) mass is 283 g/mol. The van der Waals surface area contributed by atoms with Gasteiger partial charge in [-0.2, -0.15) is 0 Å². The summed E-state index contributed by atoms with van der Waals surface area (Å²) < 4.78 is 11.0. The standard InChI is InChI=1S/C14H18ClNO3/c15-11-5-9(6-13-14(11)19-4-3-18-13)7-16-8-12(17)10-1-2-10/h5-6,10,12,16-17H,1-4,7-8H2. The fourth-order valence-electron chi connectivity index (χ4n) is 2.28. The van der Waals surface area contributed by atoms with Crippen molar-refractivity contribution < 1.29 is 14.6 Å². The summed E-state index contributed by atoms with van der Waals surface area (Å²) in [5.74, 6) is 1.84. The first kappa shape index (κ1) is 13.0. The number of aliphatic hydroxyl groups excluding tert-OH is 1. The number of benzene rings is 1. The van der Waals surface area contributed by atoms with Crippen molar-refractivity contribution in [3.8, 4) is 11.5 Å². The van der Waals surface area contributed by atoms with Crippen LogP contribution in [-0.2, 0) is 6.54 Å². The molecule has 1 aromatic rings. The lowest BCUT2D eigenvalue weighted by molar-refractivity contribution is 0.148. The van der Waals surface area contributed by atoms with E-state index in [2.05, 4.69) is 5.32 Å². The van der Waals surface area contributed by atoms with Gasteiger partial charge in [0.15, 0.2) is 11.5 Å². The third kappa shape index (κ3) is 3.14. The highest BCUT2D eigenvalue weighted by Gasteiger charge is 2.29. The van der Waals surface area contributed by atoms with E-state index in [-0.39, 0.29) is 6.10 Å². The molecule has 5 heteroatoms. The van der Waals surface area contributed by atoms with Gasteiger partial charge in [0, 0.05) is 13.1 Å². The second-order valence-corrected chi connectivity index (χ2v) is 5.54. The molecule has 1 fully saturated rings. The van der Waals surface area contributed by atoms with Crippen molar-refractivity contribution in [2.45, 2.75) is 25.5 Å². The van der Waals surface area contributed by atoms with Gasteiger partial charge >= 0.3 is 0 Å². The average molecular weight is 284 g/mol. The quantitative estimate of drug-likeness (QED) is 0.867. The number of halogens is 1. The maximum absolute atomic E-state index is 9.78. The minimum atomic E-state index is -0.229. The third-order valence-electron chi connectivity index (χ3n) is 3.51. The Bertz CT molecular complexity index is 462. The fourth-order valence-corrected chi connectivity index (χ4v) is 2.57. The molecular weight excluding hydrogens is 266 g/mol. The Kier molecular flexibility index (Phi) is 3.82. The molecule has 2 aliphatic rings. The molecule has 2 N–H and O–H groups in total. The van der Waals surface area contributed by atoms with E-state index in [9.17, 15) is 5.11 Å². The van der Waals surface area contributed by atoms with Crippen molar-refractivity contribution >= 4 is 11.6 Å². The van der Waals surface area contributed by atoms with E-state index in [0.29, 0.717) is 48.7 Å². The first-order valence-electron chi connectivity index (χ1n) is 6.71. The molecule has 1 heterocycles. The van der Waals surface area contributed by atoms with Crippen molar-refractivity contribution in [3.63, 3.8) is 0 Å². The van der Waals surface area contributed by atoms with Crippen molar-refractivity contribution in [2.75, 3.05) is 19.8 Å². The number of hydrogen-bond donors (Lipinski definition) is 2. The van der Waals surface area contributed by atoms with Crippen LogP contribution in [0.1, 0.15) is 18.4 Å². The van der Waals surface area contributed by atoms with Crippen LogP contribution in [0.25, 0.3) is 0 Å². The lowest BCUT2D eigenvalue weighted by Crippen LogP contribution is -2.27. The van der Waals surface area contributed by atoms with Crippen molar-refractivity contribution in [2.24, 2.45) is 5.92 Å². The van der Waals surface area contributed by atoms with Crippen LogP contribution in [0.3, 0.4) is 0 Å². The van der Waals surface area contributed by atoms with Crippen LogP contribution < -0.4 is 14.8 Å². The molecule has 4 nitrogen and oxygen atoms in total. The first-order chi connectivity index (χ1) is 9.24. The van der Waals surface area contributed by atoms with Gasteiger partial charge in [-0.25, -0.2) is 0 Å². The van der Waals surface area contributed by atoms with Crippen molar-refractivity contribution in [1.29, 1.82) is 0 Å². The zero-order valence-corrected chi connectivity index (χ0v) is 11.4. The molecule has 1 saturated carbocycles. The van der Waals surface area contributed by atoms with Crippen LogP contribution in [0, 0.1) is 5.92 Å². The molecule has 0 saturated heterocycles. The number of hydrogen-bond acceptors (Lipinski definition) is 4. The lowest BCUT2D eigenvalue weighted by Gasteiger charge is -2.20. The SMILES string of the molecule is OC(CNCc1cc(Cl)c2c(c1)OCCO2)C1CC1. The topological polar surface area (TPSA) is 50.7 Å². The predicted molar refractivity (Wildman–Crippen MR) is 72.9 cm³/mol. The molecule has 104 valence electrons. The molecule has 1 unspecified atom stereocenters. The third-order valence-corrected chi connectivity index (χ3v) is 3.79. The van der Waals surface area contributed by atoms with Crippen molar-refractivity contribution in [1.82, 2.24) is 5.32 Å². The van der Waals surface area contributed by atoms with Crippen molar-refractivity contribution in [3.05, 3.63) is 22.7 Å². The predicted octanol–water partition coefficient (Wildman–Crippen LogP) is 1.97. The number of ether oxygens (including phenoxy) is 2. The highest BCUT2D eigenvalue weighted by molar-refractivity contribution is 6.32. The highest BCUT2D eigenvalue weighted by atomic mass is 35.5. The summed E-state index contributed by atoms with van der Waals surface area (Å²) in [5.41, 5.74) is 1.04. The van der Waals surface area contributed by atoms with Gasteiger partial charge in [0.05, 0.1) is 11.1 Å². The van der Waals surface area contributed by atoms with E-state index in [1.165, 1.54) is 0 Å². The zero-order valence-electron chi connectivity index (χ0n) is 10.7. The van der Waals surface area contributed by atoms with Gasteiger partial charge in [0.25, 0.3) is 0 Å². The Morgan fingerprint density at radius 1 is 1.32 bits per heavy atom. The summed E-state index contributed by atoms with van der Waals surface area (Å²) in [6.07, 6.45) is 2.07.